The van der Waals surface area contributed by atoms with E-state index in [-0.39, 0.29) is 6.42 Å². The molecule has 0 radical (unpaired) electrons. The Morgan fingerprint density at radius 2 is 2.26 bits per heavy atom. The van der Waals surface area contributed by atoms with Gasteiger partial charge in [-0.1, -0.05) is 11.3 Å². The van der Waals surface area contributed by atoms with Crippen molar-refractivity contribution in [1.29, 1.82) is 0 Å². The fourth-order valence-electron chi connectivity index (χ4n) is 2.75. The quantitative estimate of drug-likeness (QED) is 0.444. The number of hydrogen-bond acceptors (Lipinski definition) is 8. The number of fused-ring (bicyclic) bond motifs is 2. The summed E-state index contributed by atoms with van der Waals surface area (Å²) in [6, 6.07) is 3.78. The Morgan fingerprint density at radius 3 is 3.07 bits per heavy atom. The molecule has 0 amide bonds. The van der Waals surface area contributed by atoms with Gasteiger partial charge in [-0.05, 0) is 18.9 Å². The van der Waals surface area contributed by atoms with Gasteiger partial charge in [-0.15, -0.1) is 0 Å². The smallest absolute Gasteiger partial charge is 0.303 e. The van der Waals surface area contributed by atoms with Crippen molar-refractivity contribution in [3.63, 3.8) is 0 Å². The van der Waals surface area contributed by atoms with E-state index in [2.05, 4.69) is 30.5 Å². The van der Waals surface area contributed by atoms with Crippen LogP contribution in [-0.4, -0.2) is 43.3 Å². The minimum Gasteiger partial charge on any atom is -0.494 e. The Hall–Kier alpha value is -3.27. The lowest BCUT2D eigenvalue weighted by atomic mass is 10.2. The lowest BCUT2D eigenvalue weighted by Crippen LogP contribution is -1.98. The van der Waals surface area contributed by atoms with E-state index in [1.807, 2.05) is 12.1 Å². The van der Waals surface area contributed by atoms with Crippen molar-refractivity contribution in [3.05, 3.63) is 29.7 Å². The van der Waals surface area contributed by atoms with Crippen molar-refractivity contribution in [1.82, 2.24) is 25.1 Å². The average molecular weight is 384 g/mol. The summed E-state index contributed by atoms with van der Waals surface area (Å²) in [4.78, 5) is 24.6. The molecule has 3 aromatic heterocycles. The van der Waals surface area contributed by atoms with Crippen LogP contribution in [-0.2, 0) is 11.2 Å². The summed E-state index contributed by atoms with van der Waals surface area (Å²) in [5, 5.41) is 20.8. The molecule has 9 nitrogen and oxygen atoms in total. The van der Waals surface area contributed by atoms with E-state index in [1.54, 1.807) is 13.3 Å². The normalized spacial score (nSPS) is 11.1. The number of aryl methyl sites for hydroxylation is 1. The Kier molecular flexibility index (Phi) is 4.55. The SMILES string of the molecule is COc1cc2[nH]ncc2cc1Nc1ncnc2sc(CCCC(=O)O)nc12. The maximum absolute atomic E-state index is 10.7. The van der Waals surface area contributed by atoms with Crippen molar-refractivity contribution in [2.45, 2.75) is 19.3 Å². The van der Waals surface area contributed by atoms with Crippen LogP contribution in [0.1, 0.15) is 17.8 Å². The van der Waals surface area contributed by atoms with E-state index < -0.39 is 5.97 Å². The average Bonchev–Trinajstić information content (AvgIpc) is 3.27. The van der Waals surface area contributed by atoms with Crippen molar-refractivity contribution in [2.24, 2.45) is 0 Å². The standard InChI is InChI=1S/C17H16N6O3S/c1-26-12-6-10-9(7-20-23-10)5-11(12)21-16-15-17(19-8-18-16)27-13(22-15)3-2-4-14(24)25/h5-8H,2-4H2,1H3,(H,20,23)(H,24,25)(H,18,19,21). The van der Waals surface area contributed by atoms with Gasteiger partial charge >= 0.3 is 5.97 Å². The van der Waals surface area contributed by atoms with Gasteiger partial charge in [0.15, 0.2) is 5.82 Å². The van der Waals surface area contributed by atoms with Crippen molar-refractivity contribution >= 4 is 50.1 Å². The Morgan fingerprint density at radius 1 is 1.37 bits per heavy atom. The minimum absolute atomic E-state index is 0.120. The summed E-state index contributed by atoms with van der Waals surface area (Å²) >= 11 is 1.45. The number of rotatable bonds is 7. The van der Waals surface area contributed by atoms with E-state index in [0.29, 0.717) is 29.9 Å². The third-order valence-electron chi connectivity index (χ3n) is 4.03. The highest BCUT2D eigenvalue weighted by molar-refractivity contribution is 7.18. The van der Waals surface area contributed by atoms with Crippen LogP contribution in [0.15, 0.2) is 24.7 Å². The second-order valence-corrected chi connectivity index (χ2v) is 6.93. The minimum atomic E-state index is -0.806. The third-order valence-corrected chi connectivity index (χ3v) is 5.06. The maximum Gasteiger partial charge on any atom is 0.303 e. The van der Waals surface area contributed by atoms with Crippen LogP contribution in [0.2, 0.25) is 0 Å². The molecule has 3 N–H and O–H groups in total. The maximum atomic E-state index is 10.7. The number of aliphatic carboxylic acids is 1. The molecule has 3 heterocycles. The molecule has 0 aliphatic carbocycles. The second-order valence-electron chi connectivity index (χ2n) is 5.87. The molecule has 0 unspecified atom stereocenters. The van der Waals surface area contributed by atoms with Gasteiger partial charge < -0.3 is 15.2 Å². The zero-order chi connectivity index (χ0) is 18.8. The summed E-state index contributed by atoms with van der Waals surface area (Å²) in [7, 11) is 1.60. The van der Waals surface area contributed by atoms with Gasteiger partial charge in [0.1, 0.15) is 22.4 Å². The molecule has 0 bridgehead atoms. The first-order valence-electron chi connectivity index (χ1n) is 8.24. The first kappa shape index (κ1) is 17.2. The number of ether oxygens (including phenoxy) is 1. The number of carboxylic acid groups (broad SMARTS) is 1. The number of carbonyl (C=O) groups is 1. The lowest BCUT2D eigenvalue weighted by Gasteiger charge is -2.10. The van der Waals surface area contributed by atoms with Crippen molar-refractivity contribution < 1.29 is 14.6 Å². The molecule has 0 saturated heterocycles. The highest BCUT2D eigenvalue weighted by Crippen LogP contribution is 2.33. The predicted molar refractivity (Wildman–Crippen MR) is 102 cm³/mol. The molecule has 27 heavy (non-hydrogen) atoms. The number of methoxy groups -OCH3 is 1. The van der Waals surface area contributed by atoms with Crippen LogP contribution in [0.5, 0.6) is 5.75 Å². The van der Waals surface area contributed by atoms with Crippen LogP contribution in [0.4, 0.5) is 11.5 Å². The molecule has 0 aliphatic heterocycles. The van der Waals surface area contributed by atoms with Gasteiger partial charge in [0.2, 0.25) is 0 Å². The zero-order valence-electron chi connectivity index (χ0n) is 14.4. The number of anilines is 2. The first-order chi connectivity index (χ1) is 13.1. The molecule has 0 aliphatic rings. The second kappa shape index (κ2) is 7.16. The van der Waals surface area contributed by atoms with Gasteiger partial charge in [-0.3, -0.25) is 9.89 Å². The molecule has 4 rings (SSSR count). The monoisotopic (exact) mass is 384 g/mol. The van der Waals surface area contributed by atoms with Crippen LogP contribution >= 0.6 is 11.3 Å². The van der Waals surface area contributed by atoms with Crippen LogP contribution in [0, 0.1) is 0 Å². The van der Waals surface area contributed by atoms with Gasteiger partial charge in [0, 0.05) is 17.9 Å². The van der Waals surface area contributed by atoms with Gasteiger partial charge in [-0.2, -0.15) is 5.10 Å². The number of aromatic nitrogens is 5. The number of hydrogen-bond donors (Lipinski definition) is 3. The molecule has 138 valence electrons. The van der Waals surface area contributed by atoms with E-state index in [4.69, 9.17) is 9.84 Å². The summed E-state index contributed by atoms with van der Waals surface area (Å²) in [6.07, 6.45) is 4.47. The van der Waals surface area contributed by atoms with E-state index in [1.165, 1.54) is 17.7 Å². The highest BCUT2D eigenvalue weighted by Gasteiger charge is 2.14. The number of carboxylic acids is 1. The highest BCUT2D eigenvalue weighted by atomic mass is 32.1. The summed E-state index contributed by atoms with van der Waals surface area (Å²) in [6.45, 7) is 0. The molecular formula is C17H16N6O3S. The molecule has 0 atom stereocenters. The van der Waals surface area contributed by atoms with Gasteiger partial charge in [-0.25, -0.2) is 15.0 Å². The molecule has 0 fully saturated rings. The fourth-order valence-corrected chi connectivity index (χ4v) is 3.70. The van der Waals surface area contributed by atoms with E-state index in [0.717, 1.165) is 26.4 Å². The van der Waals surface area contributed by atoms with E-state index in [9.17, 15) is 4.79 Å². The first-order valence-corrected chi connectivity index (χ1v) is 9.06. The Labute approximate surface area is 157 Å². The third kappa shape index (κ3) is 3.51. The largest absolute Gasteiger partial charge is 0.494 e. The number of thiazole rings is 1. The van der Waals surface area contributed by atoms with Crippen LogP contribution < -0.4 is 10.1 Å². The Balaban J connectivity index is 1.65. The lowest BCUT2D eigenvalue weighted by molar-refractivity contribution is -0.137. The zero-order valence-corrected chi connectivity index (χ0v) is 15.2. The number of aromatic amines is 1. The molecule has 0 spiro atoms. The summed E-state index contributed by atoms with van der Waals surface area (Å²) < 4.78 is 5.46. The number of nitrogens with one attached hydrogen (secondary N) is 2. The molecular weight excluding hydrogens is 368 g/mol. The van der Waals surface area contributed by atoms with E-state index >= 15 is 0 Å². The molecule has 0 saturated carbocycles. The molecule has 10 heteroatoms. The number of benzene rings is 1. The fraction of sp³-hybridized carbons (Fsp3) is 0.235. The van der Waals surface area contributed by atoms with Crippen LogP contribution in [0.25, 0.3) is 21.3 Å². The summed E-state index contributed by atoms with van der Waals surface area (Å²) in [5.41, 5.74) is 2.27. The predicted octanol–water partition coefficient (Wildman–Crippen LogP) is 3.12. The van der Waals surface area contributed by atoms with Crippen molar-refractivity contribution in [3.8, 4) is 5.75 Å². The summed E-state index contributed by atoms with van der Waals surface area (Å²) in [5.74, 6) is 0.414. The molecule has 1 aromatic carbocycles. The van der Waals surface area contributed by atoms with Crippen LogP contribution in [0.3, 0.4) is 0 Å². The van der Waals surface area contributed by atoms with Gasteiger partial charge in [0.25, 0.3) is 0 Å². The Bertz CT molecular complexity index is 1120. The van der Waals surface area contributed by atoms with Crippen molar-refractivity contribution in [2.75, 3.05) is 12.4 Å². The topological polar surface area (TPSA) is 126 Å². The van der Waals surface area contributed by atoms with Gasteiger partial charge in [0.05, 0.1) is 29.5 Å². The number of H-pyrrole nitrogens is 1. The molecule has 4 aromatic rings. The number of nitrogens with zero attached hydrogens (tertiary/aromatic N) is 4.